The SMILES string of the molecule is CCC[C@@H](C)C(=O)NCCS(=O)(=O)Nc1ccccc1. The van der Waals surface area contributed by atoms with E-state index in [0.717, 1.165) is 12.8 Å². The normalized spacial score (nSPS) is 12.7. The van der Waals surface area contributed by atoms with Crippen molar-refractivity contribution in [3.63, 3.8) is 0 Å². The van der Waals surface area contributed by atoms with Gasteiger partial charge in [0, 0.05) is 18.2 Å². The van der Waals surface area contributed by atoms with Crippen LogP contribution in [-0.4, -0.2) is 26.6 Å². The lowest BCUT2D eigenvalue weighted by molar-refractivity contribution is -0.124. The minimum atomic E-state index is -3.43. The van der Waals surface area contributed by atoms with Crippen molar-refractivity contribution < 1.29 is 13.2 Å². The standard InChI is InChI=1S/C14H22N2O3S/c1-3-7-12(2)14(17)15-10-11-20(18,19)16-13-8-5-4-6-9-13/h4-6,8-9,12,16H,3,7,10-11H2,1-2H3,(H,15,17)/t12-/m1/s1. The molecule has 2 N–H and O–H groups in total. The summed E-state index contributed by atoms with van der Waals surface area (Å²) in [6.07, 6.45) is 1.74. The van der Waals surface area contributed by atoms with Crippen LogP contribution in [0.3, 0.4) is 0 Å². The highest BCUT2D eigenvalue weighted by atomic mass is 32.2. The second kappa shape index (κ2) is 7.89. The molecular formula is C14H22N2O3S. The minimum Gasteiger partial charge on any atom is -0.355 e. The second-order valence-corrected chi connectivity index (χ2v) is 6.61. The number of para-hydroxylation sites is 1. The average molecular weight is 298 g/mol. The zero-order chi connectivity index (χ0) is 15.0. The van der Waals surface area contributed by atoms with Gasteiger partial charge in [-0.2, -0.15) is 0 Å². The third kappa shape index (κ3) is 6.06. The predicted molar refractivity (Wildman–Crippen MR) is 80.9 cm³/mol. The van der Waals surface area contributed by atoms with Crippen LogP contribution in [0.4, 0.5) is 5.69 Å². The van der Waals surface area contributed by atoms with Gasteiger partial charge in [0.2, 0.25) is 15.9 Å². The highest BCUT2D eigenvalue weighted by molar-refractivity contribution is 7.92. The molecule has 6 heteroatoms. The fraction of sp³-hybridized carbons (Fsp3) is 0.500. The molecule has 0 aliphatic heterocycles. The summed E-state index contributed by atoms with van der Waals surface area (Å²) in [4.78, 5) is 11.7. The molecule has 112 valence electrons. The Balaban J connectivity index is 2.39. The Bertz CT molecular complexity index is 514. The molecule has 1 aromatic rings. The number of carbonyl (C=O) groups is 1. The summed E-state index contributed by atoms with van der Waals surface area (Å²) in [5, 5.41) is 2.65. The Morgan fingerprint density at radius 1 is 1.25 bits per heavy atom. The van der Waals surface area contributed by atoms with E-state index in [9.17, 15) is 13.2 Å². The van der Waals surface area contributed by atoms with Crippen molar-refractivity contribution in [2.75, 3.05) is 17.0 Å². The molecule has 1 aromatic carbocycles. The summed E-state index contributed by atoms with van der Waals surface area (Å²) < 4.78 is 26.1. The van der Waals surface area contributed by atoms with E-state index >= 15 is 0 Å². The molecule has 1 rings (SSSR count). The first-order chi connectivity index (χ1) is 9.44. The first-order valence-corrected chi connectivity index (χ1v) is 8.43. The number of hydrogen-bond acceptors (Lipinski definition) is 3. The maximum atomic E-state index is 11.8. The summed E-state index contributed by atoms with van der Waals surface area (Å²) in [5.74, 6) is -0.307. The molecule has 5 nitrogen and oxygen atoms in total. The molecule has 1 amide bonds. The molecule has 0 radical (unpaired) electrons. The van der Waals surface area contributed by atoms with E-state index in [4.69, 9.17) is 0 Å². The number of sulfonamides is 1. The summed E-state index contributed by atoms with van der Waals surface area (Å²) in [6, 6.07) is 8.68. The quantitative estimate of drug-likeness (QED) is 0.770. The molecule has 20 heavy (non-hydrogen) atoms. The monoisotopic (exact) mass is 298 g/mol. The van der Waals surface area contributed by atoms with Crippen molar-refractivity contribution in [2.45, 2.75) is 26.7 Å². The lowest BCUT2D eigenvalue weighted by Gasteiger charge is -2.12. The van der Waals surface area contributed by atoms with E-state index in [1.807, 2.05) is 19.9 Å². The zero-order valence-corrected chi connectivity index (χ0v) is 12.7. The first kappa shape index (κ1) is 16.5. The van der Waals surface area contributed by atoms with Gasteiger partial charge in [-0.3, -0.25) is 9.52 Å². The molecule has 0 aliphatic rings. The van der Waals surface area contributed by atoms with Crippen molar-refractivity contribution in [2.24, 2.45) is 5.92 Å². The largest absolute Gasteiger partial charge is 0.355 e. The Hall–Kier alpha value is -1.56. The van der Waals surface area contributed by atoms with Gasteiger partial charge in [-0.05, 0) is 18.6 Å². The Morgan fingerprint density at radius 2 is 1.90 bits per heavy atom. The van der Waals surface area contributed by atoms with E-state index in [0.29, 0.717) is 5.69 Å². The molecule has 1 atom stereocenters. The van der Waals surface area contributed by atoms with Crippen LogP contribution in [0, 0.1) is 5.92 Å². The number of anilines is 1. The van der Waals surface area contributed by atoms with E-state index in [1.165, 1.54) is 0 Å². The number of carbonyl (C=O) groups excluding carboxylic acids is 1. The average Bonchev–Trinajstić information content (AvgIpc) is 2.39. The third-order valence-electron chi connectivity index (χ3n) is 2.89. The zero-order valence-electron chi connectivity index (χ0n) is 11.9. The number of nitrogens with one attached hydrogen (secondary N) is 2. The number of hydrogen-bond donors (Lipinski definition) is 2. The van der Waals surface area contributed by atoms with Gasteiger partial charge < -0.3 is 5.32 Å². The highest BCUT2D eigenvalue weighted by Gasteiger charge is 2.14. The van der Waals surface area contributed by atoms with Gasteiger partial charge in [-0.1, -0.05) is 38.5 Å². The topological polar surface area (TPSA) is 75.3 Å². The van der Waals surface area contributed by atoms with Crippen LogP contribution in [-0.2, 0) is 14.8 Å². The van der Waals surface area contributed by atoms with Crippen LogP contribution in [0.5, 0.6) is 0 Å². The lowest BCUT2D eigenvalue weighted by atomic mass is 10.1. The van der Waals surface area contributed by atoms with Crippen LogP contribution in [0.1, 0.15) is 26.7 Å². The number of rotatable bonds is 8. The van der Waals surface area contributed by atoms with Gasteiger partial charge >= 0.3 is 0 Å². The van der Waals surface area contributed by atoms with Gasteiger partial charge in [0.05, 0.1) is 5.75 Å². The van der Waals surface area contributed by atoms with Crippen LogP contribution < -0.4 is 10.0 Å². The van der Waals surface area contributed by atoms with Crippen molar-refractivity contribution in [1.29, 1.82) is 0 Å². The van der Waals surface area contributed by atoms with E-state index in [-0.39, 0.29) is 24.1 Å². The molecule has 0 unspecified atom stereocenters. The van der Waals surface area contributed by atoms with Crippen LogP contribution in [0.2, 0.25) is 0 Å². The molecular weight excluding hydrogens is 276 g/mol. The van der Waals surface area contributed by atoms with E-state index in [1.54, 1.807) is 24.3 Å². The molecule has 0 saturated heterocycles. The molecule has 0 saturated carbocycles. The van der Waals surface area contributed by atoms with Gasteiger partial charge in [0.15, 0.2) is 0 Å². The van der Waals surface area contributed by atoms with Crippen LogP contribution in [0.25, 0.3) is 0 Å². The highest BCUT2D eigenvalue weighted by Crippen LogP contribution is 2.08. The first-order valence-electron chi connectivity index (χ1n) is 6.78. The summed E-state index contributed by atoms with van der Waals surface area (Å²) in [5.41, 5.74) is 0.526. The van der Waals surface area contributed by atoms with Crippen LogP contribution >= 0.6 is 0 Å². The lowest BCUT2D eigenvalue weighted by Crippen LogP contribution is -2.34. The maximum absolute atomic E-state index is 11.8. The molecule has 0 aromatic heterocycles. The van der Waals surface area contributed by atoms with Crippen LogP contribution in [0.15, 0.2) is 30.3 Å². The molecule has 0 fully saturated rings. The smallest absolute Gasteiger partial charge is 0.234 e. The molecule has 0 spiro atoms. The van der Waals surface area contributed by atoms with Crippen molar-refractivity contribution in [1.82, 2.24) is 5.32 Å². The molecule has 0 aliphatic carbocycles. The fourth-order valence-electron chi connectivity index (χ4n) is 1.78. The minimum absolute atomic E-state index is 0.0789. The van der Waals surface area contributed by atoms with Gasteiger partial charge in [0.1, 0.15) is 0 Å². The second-order valence-electron chi connectivity index (χ2n) is 4.77. The van der Waals surface area contributed by atoms with E-state index in [2.05, 4.69) is 10.0 Å². The van der Waals surface area contributed by atoms with Crippen molar-refractivity contribution in [3.8, 4) is 0 Å². The predicted octanol–water partition coefficient (Wildman–Crippen LogP) is 1.98. The van der Waals surface area contributed by atoms with Gasteiger partial charge in [0.25, 0.3) is 0 Å². The Labute approximate surface area is 120 Å². The summed E-state index contributed by atoms with van der Waals surface area (Å²) >= 11 is 0. The van der Waals surface area contributed by atoms with Crippen molar-refractivity contribution >= 4 is 21.6 Å². The van der Waals surface area contributed by atoms with Crippen molar-refractivity contribution in [3.05, 3.63) is 30.3 Å². The Kier molecular flexibility index (Phi) is 6.51. The maximum Gasteiger partial charge on any atom is 0.234 e. The number of benzene rings is 1. The van der Waals surface area contributed by atoms with Gasteiger partial charge in [-0.15, -0.1) is 0 Å². The number of amides is 1. The Morgan fingerprint density at radius 3 is 2.50 bits per heavy atom. The summed E-state index contributed by atoms with van der Waals surface area (Å²) in [6.45, 7) is 3.97. The van der Waals surface area contributed by atoms with E-state index < -0.39 is 10.0 Å². The van der Waals surface area contributed by atoms with Gasteiger partial charge in [-0.25, -0.2) is 8.42 Å². The third-order valence-corrected chi connectivity index (χ3v) is 4.17. The molecule has 0 heterocycles. The fourth-order valence-corrected chi connectivity index (χ4v) is 2.75. The molecule has 0 bridgehead atoms. The summed E-state index contributed by atoms with van der Waals surface area (Å²) in [7, 11) is -3.43.